The molecule has 0 aliphatic carbocycles. The third-order valence-electron chi connectivity index (χ3n) is 4.28. The van der Waals surface area contributed by atoms with Crippen LogP contribution in [0.15, 0.2) is 47.4 Å². The quantitative estimate of drug-likeness (QED) is 0.855. The number of fused-ring (bicyclic) bond motifs is 1. The zero-order valence-corrected chi connectivity index (χ0v) is 16.5. The first-order valence-electron chi connectivity index (χ1n) is 8.32. The van der Waals surface area contributed by atoms with Crippen molar-refractivity contribution >= 4 is 38.9 Å². The summed E-state index contributed by atoms with van der Waals surface area (Å²) in [5, 5.41) is 3.34. The standard InChI is InChI=1S/C19H21ClN2O3S/c1-19(2,3)18(23)21-15-7-4-13-10-11-22(17(13)12-15)26(24,25)16-8-5-14(20)6-9-16/h4-9,12H,10-11H2,1-3H3,(H,21,23). The molecule has 0 radical (unpaired) electrons. The Morgan fingerprint density at radius 2 is 1.77 bits per heavy atom. The number of anilines is 2. The van der Waals surface area contributed by atoms with E-state index in [9.17, 15) is 13.2 Å². The van der Waals surface area contributed by atoms with E-state index >= 15 is 0 Å². The number of nitrogens with zero attached hydrogens (tertiary/aromatic N) is 1. The van der Waals surface area contributed by atoms with Gasteiger partial charge in [0.1, 0.15) is 0 Å². The summed E-state index contributed by atoms with van der Waals surface area (Å²) in [4.78, 5) is 12.4. The first-order valence-corrected chi connectivity index (χ1v) is 10.1. The van der Waals surface area contributed by atoms with Gasteiger partial charge in [-0.2, -0.15) is 0 Å². The summed E-state index contributed by atoms with van der Waals surface area (Å²) >= 11 is 5.86. The third kappa shape index (κ3) is 3.57. The number of halogens is 1. The molecule has 0 bridgehead atoms. The minimum Gasteiger partial charge on any atom is -0.326 e. The molecule has 1 heterocycles. The molecule has 0 fully saturated rings. The average Bonchev–Trinajstić information content (AvgIpc) is 2.98. The maximum atomic E-state index is 13.0. The number of rotatable bonds is 3. The van der Waals surface area contributed by atoms with Crippen LogP contribution in [0.25, 0.3) is 0 Å². The highest BCUT2D eigenvalue weighted by Crippen LogP contribution is 2.35. The summed E-state index contributed by atoms with van der Waals surface area (Å²) in [7, 11) is -3.68. The molecule has 1 aliphatic heterocycles. The van der Waals surface area contributed by atoms with E-state index in [4.69, 9.17) is 11.6 Å². The summed E-state index contributed by atoms with van der Waals surface area (Å²) in [6.07, 6.45) is 0.635. The fourth-order valence-corrected chi connectivity index (χ4v) is 4.35. The molecular weight excluding hydrogens is 372 g/mol. The van der Waals surface area contributed by atoms with Crippen LogP contribution >= 0.6 is 11.6 Å². The Hall–Kier alpha value is -2.05. The van der Waals surface area contributed by atoms with Gasteiger partial charge in [0.05, 0.1) is 10.6 Å². The Morgan fingerprint density at radius 1 is 1.12 bits per heavy atom. The van der Waals surface area contributed by atoms with E-state index < -0.39 is 15.4 Å². The highest BCUT2D eigenvalue weighted by Gasteiger charge is 2.31. The van der Waals surface area contributed by atoms with Gasteiger partial charge in [0, 0.05) is 22.7 Å². The second kappa shape index (κ2) is 6.59. The number of carbonyl (C=O) groups is 1. The zero-order valence-electron chi connectivity index (χ0n) is 14.9. The zero-order chi connectivity index (χ0) is 19.1. The van der Waals surface area contributed by atoms with Crippen LogP contribution in [-0.4, -0.2) is 20.9 Å². The van der Waals surface area contributed by atoms with Gasteiger partial charge in [-0.25, -0.2) is 8.42 Å². The number of hydrogen-bond acceptors (Lipinski definition) is 3. The van der Waals surface area contributed by atoms with E-state index in [1.807, 2.05) is 26.8 Å². The molecular formula is C19H21ClN2O3S. The lowest BCUT2D eigenvalue weighted by atomic mass is 9.95. The van der Waals surface area contributed by atoms with Crippen LogP contribution < -0.4 is 9.62 Å². The largest absolute Gasteiger partial charge is 0.326 e. The van der Waals surface area contributed by atoms with E-state index in [1.165, 1.54) is 16.4 Å². The molecule has 2 aromatic rings. The predicted molar refractivity (Wildman–Crippen MR) is 104 cm³/mol. The number of benzene rings is 2. The molecule has 2 aromatic carbocycles. The first kappa shape index (κ1) is 18.7. The van der Waals surface area contributed by atoms with Gasteiger partial charge in [-0.05, 0) is 48.4 Å². The van der Waals surface area contributed by atoms with E-state index in [1.54, 1.807) is 24.3 Å². The highest BCUT2D eigenvalue weighted by molar-refractivity contribution is 7.92. The SMILES string of the molecule is CC(C)(C)C(=O)Nc1ccc2c(c1)N(S(=O)(=O)c1ccc(Cl)cc1)CC2. The van der Waals surface area contributed by atoms with Crippen molar-refractivity contribution < 1.29 is 13.2 Å². The predicted octanol–water partition coefficient (Wildman–Crippen LogP) is 4.08. The summed E-state index contributed by atoms with van der Waals surface area (Å²) in [5.74, 6) is -0.123. The molecule has 0 spiro atoms. The molecule has 138 valence electrons. The Morgan fingerprint density at radius 3 is 2.38 bits per heavy atom. The number of carbonyl (C=O) groups excluding carboxylic acids is 1. The van der Waals surface area contributed by atoms with Crippen LogP contribution in [0.4, 0.5) is 11.4 Å². The number of hydrogen-bond donors (Lipinski definition) is 1. The summed E-state index contributed by atoms with van der Waals surface area (Å²) in [6, 6.07) is 11.5. The van der Waals surface area contributed by atoms with Crippen LogP contribution in [0.2, 0.25) is 5.02 Å². The van der Waals surface area contributed by atoms with Gasteiger partial charge in [-0.3, -0.25) is 9.10 Å². The fourth-order valence-electron chi connectivity index (χ4n) is 2.73. The van der Waals surface area contributed by atoms with Gasteiger partial charge in [0.25, 0.3) is 10.0 Å². The van der Waals surface area contributed by atoms with Gasteiger partial charge in [0.2, 0.25) is 5.91 Å². The van der Waals surface area contributed by atoms with Crippen molar-refractivity contribution in [1.29, 1.82) is 0 Å². The molecule has 7 heteroatoms. The van der Waals surface area contributed by atoms with Gasteiger partial charge in [0.15, 0.2) is 0 Å². The Balaban J connectivity index is 1.94. The first-order chi connectivity index (χ1) is 12.1. The van der Waals surface area contributed by atoms with Crippen LogP contribution in [0.3, 0.4) is 0 Å². The van der Waals surface area contributed by atoms with E-state index in [2.05, 4.69) is 5.32 Å². The smallest absolute Gasteiger partial charge is 0.264 e. The Labute approximate surface area is 159 Å². The van der Waals surface area contributed by atoms with E-state index in [-0.39, 0.29) is 10.8 Å². The molecule has 0 atom stereocenters. The van der Waals surface area contributed by atoms with Crippen molar-refractivity contribution in [1.82, 2.24) is 0 Å². The Kier molecular flexibility index (Phi) is 4.75. The van der Waals surface area contributed by atoms with E-state index in [0.717, 1.165) is 5.56 Å². The van der Waals surface area contributed by atoms with Crippen molar-refractivity contribution in [3.8, 4) is 0 Å². The maximum Gasteiger partial charge on any atom is 0.264 e. The minimum absolute atomic E-state index is 0.123. The maximum absolute atomic E-state index is 13.0. The second-order valence-electron chi connectivity index (χ2n) is 7.33. The number of amides is 1. The van der Waals surface area contributed by atoms with E-state index in [0.29, 0.717) is 29.4 Å². The van der Waals surface area contributed by atoms with Crippen LogP contribution in [0.1, 0.15) is 26.3 Å². The Bertz CT molecular complexity index is 948. The van der Waals surface area contributed by atoms with Crippen LogP contribution in [0, 0.1) is 5.41 Å². The highest BCUT2D eigenvalue weighted by atomic mass is 35.5. The van der Waals surface area contributed by atoms with Crippen molar-refractivity contribution in [2.75, 3.05) is 16.2 Å². The molecule has 26 heavy (non-hydrogen) atoms. The molecule has 0 saturated heterocycles. The molecule has 1 N–H and O–H groups in total. The molecule has 0 aromatic heterocycles. The van der Waals surface area contributed by atoms with Crippen molar-refractivity contribution in [2.45, 2.75) is 32.1 Å². The summed E-state index contributed by atoms with van der Waals surface area (Å²) < 4.78 is 27.4. The molecule has 1 amide bonds. The molecule has 1 aliphatic rings. The van der Waals surface area contributed by atoms with Crippen LogP contribution in [0.5, 0.6) is 0 Å². The lowest BCUT2D eigenvalue weighted by Crippen LogP contribution is -2.29. The number of nitrogens with one attached hydrogen (secondary N) is 1. The third-order valence-corrected chi connectivity index (χ3v) is 6.36. The van der Waals surface area contributed by atoms with Gasteiger partial charge in [-0.15, -0.1) is 0 Å². The monoisotopic (exact) mass is 392 g/mol. The lowest BCUT2D eigenvalue weighted by Gasteiger charge is -2.21. The minimum atomic E-state index is -3.68. The fraction of sp³-hybridized carbons (Fsp3) is 0.316. The average molecular weight is 393 g/mol. The van der Waals surface area contributed by atoms with Crippen molar-refractivity contribution in [3.05, 3.63) is 53.1 Å². The summed E-state index contributed by atoms with van der Waals surface area (Å²) in [6.45, 7) is 5.85. The van der Waals surface area contributed by atoms with Crippen molar-refractivity contribution in [3.63, 3.8) is 0 Å². The molecule has 3 rings (SSSR count). The molecule has 0 saturated carbocycles. The second-order valence-corrected chi connectivity index (χ2v) is 9.63. The molecule has 5 nitrogen and oxygen atoms in total. The van der Waals surface area contributed by atoms with Gasteiger partial charge in [-0.1, -0.05) is 38.4 Å². The summed E-state index contributed by atoms with van der Waals surface area (Å²) in [5.41, 5.74) is 1.60. The normalized spacial score (nSPS) is 14.2. The van der Waals surface area contributed by atoms with Crippen molar-refractivity contribution in [2.24, 2.45) is 5.41 Å². The van der Waals surface area contributed by atoms with Gasteiger partial charge < -0.3 is 5.32 Å². The van der Waals surface area contributed by atoms with Crippen LogP contribution in [-0.2, 0) is 21.2 Å². The molecule has 0 unspecified atom stereocenters. The number of sulfonamides is 1. The lowest BCUT2D eigenvalue weighted by molar-refractivity contribution is -0.123. The topological polar surface area (TPSA) is 66.5 Å². The van der Waals surface area contributed by atoms with Gasteiger partial charge >= 0.3 is 0 Å².